The van der Waals surface area contributed by atoms with Crippen LogP contribution in [-0.2, 0) is 4.79 Å². The SMILES string of the molecule is CCCN1CC(CCl)=C(C)C1=O. The smallest absolute Gasteiger partial charge is 0.249 e. The molecule has 0 aliphatic carbocycles. The second kappa shape index (κ2) is 3.94. The average molecular weight is 188 g/mol. The molecule has 68 valence electrons. The standard InChI is InChI=1S/C9H14ClNO/c1-3-4-11-6-8(5-10)7(2)9(11)12/h3-6H2,1-2H3. The zero-order chi connectivity index (χ0) is 9.14. The van der Waals surface area contributed by atoms with E-state index in [0.29, 0.717) is 5.88 Å². The first-order chi connectivity index (χ1) is 5.70. The summed E-state index contributed by atoms with van der Waals surface area (Å²) in [5, 5.41) is 0. The molecule has 0 atom stereocenters. The number of hydrogen-bond donors (Lipinski definition) is 0. The lowest BCUT2D eigenvalue weighted by atomic mass is 10.2. The van der Waals surface area contributed by atoms with Gasteiger partial charge in [0.2, 0.25) is 5.91 Å². The normalized spacial score (nSPS) is 17.9. The molecule has 0 spiro atoms. The van der Waals surface area contributed by atoms with Crippen molar-refractivity contribution in [1.82, 2.24) is 4.90 Å². The maximum atomic E-state index is 11.5. The van der Waals surface area contributed by atoms with Crippen LogP contribution in [0.25, 0.3) is 0 Å². The summed E-state index contributed by atoms with van der Waals surface area (Å²) in [6, 6.07) is 0. The topological polar surface area (TPSA) is 20.3 Å². The van der Waals surface area contributed by atoms with Gasteiger partial charge in [-0.1, -0.05) is 6.92 Å². The first kappa shape index (κ1) is 9.59. The molecule has 0 aromatic rings. The Labute approximate surface area is 78.2 Å². The summed E-state index contributed by atoms with van der Waals surface area (Å²) in [5.41, 5.74) is 1.92. The Balaban J connectivity index is 2.66. The summed E-state index contributed by atoms with van der Waals surface area (Å²) in [4.78, 5) is 13.3. The molecule has 1 heterocycles. The van der Waals surface area contributed by atoms with Gasteiger partial charge in [-0.3, -0.25) is 4.79 Å². The molecule has 2 nitrogen and oxygen atoms in total. The molecule has 0 saturated heterocycles. The van der Waals surface area contributed by atoms with Crippen molar-refractivity contribution in [2.75, 3.05) is 19.0 Å². The van der Waals surface area contributed by atoms with E-state index in [4.69, 9.17) is 11.6 Å². The van der Waals surface area contributed by atoms with Gasteiger partial charge in [0.25, 0.3) is 0 Å². The second-order valence-corrected chi connectivity index (χ2v) is 3.36. The van der Waals surface area contributed by atoms with E-state index in [1.54, 1.807) is 0 Å². The van der Waals surface area contributed by atoms with Crippen LogP contribution in [0.2, 0.25) is 0 Å². The van der Waals surface area contributed by atoms with E-state index in [-0.39, 0.29) is 5.91 Å². The van der Waals surface area contributed by atoms with E-state index in [9.17, 15) is 4.79 Å². The molecular weight excluding hydrogens is 174 g/mol. The molecule has 0 aromatic carbocycles. The average Bonchev–Trinajstić information content (AvgIpc) is 2.33. The van der Waals surface area contributed by atoms with Gasteiger partial charge in [0.15, 0.2) is 0 Å². The van der Waals surface area contributed by atoms with E-state index in [1.807, 2.05) is 11.8 Å². The van der Waals surface area contributed by atoms with Crippen molar-refractivity contribution < 1.29 is 4.79 Å². The molecule has 0 fully saturated rings. The quantitative estimate of drug-likeness (QED) is 0.617. The summed E-state index contributed by atoms with van der Waals surface area (Å²) >= 11 is 5.70. The highest BCUT2D eigenvalue weighted by Crippen LogP contribution is 2.19. The number of rotatable bonds is 3. The minimum absolute atomic E-state index is 0.160. The van der Waals surface area contributed by atoms with Crippen LogP contribution in [0.4, 0.5) is 0 Å². The maximum Gasteiger partial charge on any atom is 0.249 e. The molecule has 3 heteroatoms. The molecule has 12 heavy (non-hydrogen) atoms. The van der Waals surface area contributed by atoms with Gasteiger partial charge in [0.05, 0.1) is 0 Å². The van der Waals surface area contributed by atoms with E-state index < -0.39 is 0 Å². The summed E-state index contributed by atoms with van der Waals surface area (Å²) in [6.07, 6.45) is 1.01. The Hall–Kier alpha value is -0.500. The van der Waals surface area contributed by atoms with Crippen molar-refractivity contribution in [2.45, 2.75) is 20.3 Å². The predicted octanol–water partition coefficient (Wildman–Crippen LogP) is 1.79. The Bertz CT molecular complexity index is 223. The monoisotopic (exact) mass is 187 g/mol. The number of nitrogens with zero attached hydrogens (tertiary/aromatic N) is 1. The van der Waals surface area contributed by atoms with Crippen LogP contribution in [0.1, 0.15) is 20.3 Å². The molecule has 0 N–H and O–H groups in total. The molecule has 1 aliphatic heterocycles. The van der Waals surface area contributed by atoms with Gasteiger partial charge in [0.1, 0.15) is 0 Å². The fourth-order valence-corrected chi connectivity index (χ4v) is 1.69. The van der Waals surface area contributed by atoms with Crippen molar-refractivity contribution in [1.29, 1.82) is 0 Å². The van der Waals surface area contributed by atoms with Crippen LogP contribution in [0.5, 0.6) is 0 Å². The Morgan fingerprint density at radius 2 is 2.25 bits per heavy atom. The third-order valence-corrected chi connectivity index (χ3v) is 2.50. The van der Waals surface area contributed by atoms with Gasteiger partial charge < -0.3 is 4.90 Å². The van der Waals surface area contributed by atoms with Crippen molar-refractivity contribution in [3.05, 3.63) is 11.1 Å². The van der Waals surface area contributed by atoms with Crippen LogP contribution < -0.4 is 0 Å². The number of carbonyl (C=O) groups excluding carboxylic acids is 1. The molecule has 1 amide bonds. The third kappa shape index (κ3) is 1.63. The zero-order valence-corrected chi connectivity index (χ0v) is 8.32. The van der Waals surface area contributed by atoms with E-state index in [0.717, 1.165) is 30.7 Å². The number of halogens is 1. The van der Waals surface area contributed by atoms with Gasteiger partial charge in [-0.25, -0.2) is 0 Å². The van der Waals surface area contributed by atoms with E-state index >= 15 is 0 Å². The molecule has 0 radical (unpaired) electrons. The van der Waals surface area contributed by atoms with Crippen molar-refractivity contribution in [3.63, 3.8) is 0 Å². The van der Waals surface area contributed by atoms with Gasteiger partial charge >= 0.3 is 0 Å². The first-order valence-electron chi connectivity index (χ1n) is 4.24. The second-order valence-electron chi connectivity index (χ2n) is 3.09. The molecule has 0 aromatic heterocycles. The van der Waals surface area contributed by atoms with Gasteiger partial charge in [0, 0.05) is 24.5 Å². The van der Waals surface area contributed by atoms with Crippen molar-refractivity contribution in [3.8, 4) is 0 Å². The van der Waals surface area contributed by atoms with Crippen molar-refractivity contribution >= 4 is 17.5 Å². The summed E-state index contributed by atoms with van der Waals surface area (Å²) in [6.45, 7) is 5.51. The Morgan fingerprint density at radius 1 is 1.58 bits per heavy atom. The third-order valence-electron chi connectivity index (χ3n) is 2.17. The number of alkyl halides is 1. The maximum absolute atomic E-state index is 11.5. The van der Waals surface area contributed by atoms with Gasteiger partial charge in [-0.15, -0.1) is 11.6 Å². The van der Waals surface area contributed by atoms with Crippen LogP contribution in [0.3, 0.4) is 0 Å². The lowest BCUT2D eigenvalue weighted by Gasteiger charge is -2.14. The fourth-order valence-electron chi connectivity index (χ4n) is 1.40. The molecule has 0 unspecified atom stereocenters. The summed E-state index contributed by atoms with van der Waals surface area (Å²) in [7, 11) is 0. The fraction of sp³-hybridized carbons (Fsp3) is 0.667. The molecule has 1 aliphatic rings. The highest BCUT2D eigenvalue weighted by Gasteiger charge is 2.25. The Morgan fingerprint density at radius 3 is 2.67 bits per heavy atom. The highest BCUT2D eigenvalue weighted by atomic mass is 35.5. The summed E-state index contributed by atoms with van der Waals surface area (Å²) in [5.74, 6) is 0.644. The minimum atomic E-state index is 0.160. The van der Waals surface area contributed by atoms with Crippen molar-refractivity contribution in [2.24, 2.45) is 0 Å². The largest absolute Gasteiger partial charge is 0.335 e. The lowest BCUT2D eigenvalue weighted by Crippen LogP contribution is -2.27. The predicted molar refractivity (Wildman–Crippen MR) is 50.3 cm³/mol. The highest BCUT2D eigenvalue weighted by molar-refractivity contribution is 6.20. The van der Waals surface area contributed by atoms with Gasteiger partial charge in [-0.2, -0.15) is 0 Å². The van der Waals surface area contributed by atoms with Crippen LogP contribution in [-0.4, -0.2) is 29.8 Å². The molecular formula is C9H14ClNO. The number of carbonyl (C=O) groups is 1. The van der Waals surface area contributed by atoms with Crippen LogP contribution in [0.15, 0.2) is 11.1 Å². The van der Waals surface area contributed by atoms with Crippen LogP contribution >= 0.6 is 11.6 Å². The summed E-state index contributed by atoms with van der Waals surface area (Å²) < 4.78 is 0. The van der Waals surface area contributed by atoms with E-state index in [2.05, 4.69) is 6.92 Å². The minimum Gasteiger partial charge on any atom is -0.335 e. The first-order valence-corrected chi connectivity index (χ1v) is 4.78. The molecule has 1 rings (SSSR count). The van der Waals surface area contributed by atoms with E-state index in [1.165, 1.54) is 0 Å². The van der Waals surface area contributed by atoms with Gasteiger partial charge in [-0.05, 0) is 18.9 Å². The van der Waals surface area contributed by atoms with Crippen LogP contribution in [0, 0.1) is 0 Å². The lowest BCUT2D eigenvalue weighted by molar-refractivity contribution is -0.125. The Kier molecular flexibility index (Phi) is 3.15. The zero-order valence-electron chi connectivity index (χ0n) is 7.56. The molecule has 0 bridgehead atoms. The number of hydrogen-bond acceptors (Lipinski definition) is 1. The number of amides is 1. The molecule has 0 saturated carbocycles.